The number of halogens is 2. The molecule has 2 N–H and O–H groups in total. The summed E-state index contributed by atoms with van der Waals surface area (Å²) < 4.78 is 18.9. The van der Waals surface area contributed by atoms with Crippen molar-refractivity contribution in [1.82, 2.24) is 4.90 Å². The summed E-state index contributed by atoms with van der Waals surface area (Å²) in [5, 5.41) is 0.00800. The van der Waals surface area contributed by atoms with Gasteiger partial charge in [-0.1, -0.05) is 11.6 Å². The Kier molecular flexibility index (Phi) is 4.70. The molecule has 1 saturated heterocycles. The van der Waals surface area contributed by atoms with Crippen molar-refractivity contribution in [1.29, 1.82) is 0 Å². The van der Waals surface area contributed by atoms with Crippen LogP contribution in [0, 0.1) is 5.82 Å². The van der Waals surface area contributed by atoms with Crippen LogP contribution in [0.2, 0.25) is 5.02 Å². The topological polar surface area (TPSA) is 58.8 Å². The minimum absolute atomic E-state index is 0.00800. The predicted molar refractivity (Wildman–Crippen MR) is 85.8 cm³/mol. The van der Waals surface area contributed by atoms with Crippen LogP contribution in [0.25, 0.3) is 0 Å². The Morgan fingerprint density at radius 2 is 1.86 bits per heavy atom. The van der Waals surface area contributed by atoms with Crippen LogP contribution in [0.3, 0.4) is 0 Å². The number of piperazine rings is 1. The van der Waals surface area contributed by atoms with E-state index in [0.29, 0.717) is 37.6 Å². The van der Waals surface area contributed by atoms with Gasteiger partial charge in [-0.15, -0.1) is 0 Å². The fraction of sp³-hybridized carbons (Fsp3) is 0.533. The Bertz CT molecular complexity index is 567. The molecular weight excluding hydrogens is 309 g/mol. The summed E-state index contributed by atoms with van der Waals surface area (Å²) in [5.41, 5.74) is 6.42. The summed E-state index contributed by atoms with van der Waals surface area (Å²) in [5.74, 6) is -0.500. The summed E-state index contributed by atoms with van der Waals surface area (Å²) >= 11 is 5.71. The molecule has 0 radical (unpaired) electrons. The molecule has 0 saturated carbocycles. The van der Waals surface area contributed by atoms with Gasteiger partial charge in [0.2, 0.25) is 0 Å². The number of anilines is 2. The third kappa shape index (κ3) is 3.94. The molecule has 1 fully saturated rings. The minimum atomic E-state index is -0.516. The number of ether oxygens (including phenoxy) is 1. The van der Waals surface area contributed by atoms with Crippen LogP contribution < -0.4 is 10.6 Å². The molecule has 22 heavy (non-hydrogen) atoms. The van der Waals surface area contributed by atoms with E-state index in [4.69, 9.17) is 22.1 Å². The lowest BCUT2D eigenvalue weighted by atomic mass is 10.2. The highest BCUT2D eigenvalue weighted by atomic mass is 35.5. The van der Waals surface area contributed by atoms with Gasteiger partial charge >= 0.3 is 6.09 Å². The highest BCUT2D eigenvalue weighted by molar-refractivity contribution is 6.31. The second-order valence-corrected chi connectivity index (χ2v) is 6.69. The van der Waals surface area contributed by atoms with Gasteiger partial charge in [0.25, 0.3) is 0 Å². The zero-order chi connectivity index (χ0) is 16.5. The van der Waals surface area contributed by atoms with Crippen molar-refractivity contribution in [2.45, 2.75) is 26.4 Å². The summed E-state index contributed by atoms with van der Waals surface area (Å²) in [4.78, 5) is 15.6. The molecule has 2 rings (SSSR count). The molecule has 1 aliphatic rings. The number of rotatable bonds is 1. The van der Waals surface area contributed by atoms with E-state index in [-0.39, 0.29) is 11.1 Å². The average Bonchev–Trinajstić information content (AvgIpc) is 2.41. The van der Waals surface area contributed by atoms with Gasteiger partial charge in [0.15, 0.2) is 0 Å². The monoisotopic (exact) mass is 329 g/mol. The van der Waals surface area contributed by atoms with Gasteiger partial charge in [0.1, 0.15) is 11.4 Å². The molecule has 7 heteroatoms. The molecule has 1 aromatic rings. The predicted octanol–water partition coefficient (Wildman–Crippen LogP) is 3.12. The number of amides is 1. The molecule has 0 atom stereocenters. The molecule has 1 heterocycles. The van der Waals surface area contributed by atoms with Gasteiger partial charge in [0.05, 0.1) is 16.4 Å². The maximum Gasteiger partial charge on any atom is 0.410 e. The number of nitrogen functional groups attached to an aromatic ring is 1. The Morgan fingerprint density at radius 3 is 2.41 bits per heavy atom. The number of benzene rings is 1. The molecule has 0 spiro atoms. The largest absolute Gasteiger partial charge is 0.444 e. The third-order valence-corrected chi connectivity index (χ3v) is 3.63. The molecule has 0 aliphatic carbocycles. The van der Waals surface area contributed by atoms with Crippen molar-refractivity contribution in [3.05, 3.63) is 23.0 Å². The average molecular weight is 330 g/mol. The number of nitrogens with zero attached hydrogens (tertiary/aromatic N) is 2. The van der Waals surface area contributed by atoms with E-state index >= 15 is 0 Å². The van der Waals surface area contributed by atoms with Crippen LogP contribution in [-0.4, -0.2) is 42.8 Å². The second-order valence-electron chi connectivity index (χ2n) is 6.28. The van der Waals surface area contributed by atoms with Gasteiger partial charge in [-0.25, -0.2) is 9.18 Å². The minimum Gasteiger partial charge on any atom is -0.444 e. The number of carbonyl (C=O) groups is 1. The molecular formula is C15H21ClFN3O2. The Balaban J connectivity index is 2.01. The molecule has 0 bridgehead atoms. The quantitative estimate of drug-likeness (QED) is 0.804. The summed E-state index contributed by atoms with van der Waals surface area (Å²) in [6, 6.07) is 2.74. The zero-order valence-electron chi connectivity index (χ0n) is 13.0. The van der Waals surface area contributed by atoms with Gasteiger partial charge in [-0.2, -0.15) is 0 Å². The first-order chi connectivity index (χ1) is 10.2. The van der Waals surface area contributed by atoms with Gasteiger partial charge in [-0.3, -0.25) is 0 Å². The maximum absolute atomic E-state index is 13.6. The van der Waals surface area contributed by atoms with Crippen molar-refractivity contribution in [3.63, 3.8) is 0 Å². The lowest BCUT2D eigenvalue weighted by molar-refractivity contribution is 0.0240. The van der Waals surface area contributed by atoms with E-state index < -0.39 is 11.4 Å². The van der Waals surface area contributed by atoms with Crippen LogP contribution in [0.4, 0.5) is 20.6 Å². The van der Waals surface area contributed by atoms with Gasteiger partial charge in [0, 0.05) is 32.2 Å². The van der Waals surface area contributed by atoms with E-state index in [0.717, 1.165) is 0 Å². The van der Waals surface area contributed by atoms with Crippen molar-refractivity contribution in [2.24, 2.45) is 0 Å². The Morgan fingerprint density at radius 1 is 1.27 bits per heavy atom. The van der Waals surface area contributed by atoms with Crippen molar-refractivity contribution >= 4 is 29.1 Å². The number of nitrogens with two attached hydrogens (primary N) is 1. The molecule has 1 aromatic carbocycles. The van der Waals surface area contributed by atoms with Crippen LogP contribution >= 0.6 is 11.6 Å². The third-order valence-electron chi connectivity index (χ3n) is 3.34. The highest BCUT2D eigenvalue weighted by Gasteiger charge is 2.26. The Labute approximate surface area is 134 Å². The van der Waals surface area contributed by atoms with Crippen LogP contribution in [0.15, 0.2) is 12.1 Å². The fourth-order valence-corrected chi connectivity index (χ4v) is 2.45. The Hall–Kier alpha value is -1.69. The smallest absolute Gasteiger partial charge is 0.410 e. The van der Waals surface area contributed by atoms with E-state index in [2.05, 4.69) is 0 Å². The molecule has 1 aliphatic heterocycles. The molecule has 0 unspecified atom stereocenters. The zero-order valence-corrected chi connectivity index (χ0v) is 13.8. The number of hydrogen-bond acceptors (Lipinski definition) is 4. The lowest BCUT2D eigenvalue weighted by Crippen LogP contribution is -2.50. The first-order valence-corrected chi connectivity index (χ1v) is 7.52. The lowest BCUT2D eigenvalue weighted by Gasteiger charge is -2.37. The van der Waals surface area contributed by atoms with E-state index in [1.165, 1.54) is 12.1 Å². The van der Waals surface area contributed by atoms with Gasteiger partial charge < -0.3 is 20.3 Å². The first-order valence-electron chi connectivity index (χ1n) is 7.15. The highest BCUT2D eigenvalue weighted by Crippen LogP contribution is 2.30. The molecule has 0 aromatic heterocycles. The van der Waals surface area contributed by atoms with Crippen molar-refractivity contribution in [2.75, 3.05) is 36.8 Å². The van der Waals surface area contributed by atoms with E-state index in [1.54, 1.807) is 4.90 Å². The van der Waals surface area contributed by atoms with Gasteiger partial charge in [-0.05, 0) is 26.8 Å². The standard InChI is InChI=1S/C15H21ClFN3O2/c1-15(2,3)22-14(21)20-6-4-19(5-7-20)13-9-11(17)10(16)8-12(13)18/h8-9H,4-7,18H2,1-3H3. The first kappa shape index (κ1) is 16.7. The van der Waals surface area contributed by atoms with Crippen molar-refractivity contribution < 1.29 is 13.9 Å². The van der Waals surface area contributed by atoms with E-state index in [1.807, 2.05) is 25.7 Å². The summed E-state index contributed by atoms with van der Waals surface area (Å²) in [6.07, 6.45) is -0.331. The van der Waals surface area contributed by atoms with Crippen LogP contribution in [0.5, 0.6) is 0 Å². The van der Waals surface area contributed by atoms with Crippen molar-refractivity contribution in [3.8, 4) is 0 Å². The van der Waals surface area contributed by atoms with E-state index in [9.17, 15) is 9.18 Å². The SMILES string of the molecule is CC(C)(C)OC(=O)N1CCN(c2cc(F)c(Cl)cc2N)CC1. The summed E-state index contributed by atoms with van der Waals surface area (Å²) in [7, 11) is 0. The number of carbonyl (C=O) groups excluding carboxylic acids is 1. The summed E-state index contributed by atoms with van der Waals surface area (Å²) in [6.45, 7) is 7.61. The second kappa shape index (κ2) is 6.20. The van der Waals surface area contributed by atoms with Crippen LogP contribution in [-0.2, 0) is 4.74 Å². The van der Waals surface area contributed by atoms with Crippen LogP contribution in [0.1, 0.15) is 20.8 Å². The molecule has 122 valence electrons. The number of hydrogen-bond donors (Lipinski definition) is 1. The normalized spacial score (nSPS) is 15.9. The fourth-order valence-electron chi connectivity index (χ4n) is 2.28. The maximum atomic E-state index is 13.6. The molecule has 1 amide bonds. The molecule has 5 nitrogen and oxygen atoms in total.